The molecule has 2 aromatic rings. The maximum Gasteiger partial charge on any atom is 0.116 e. The lowest BCUT2D eigenvalue weighted by molar-refractivity contribution is 0.754. The van der Waals surface area contributed by atoms with Crippen molar-refractivity contribution >= 4 is 5.52 Å². The molecular formula is C12H17N3. The van der Waals surface area contributed by atoms with Crippen LogP contribution in [0.1, 0.15) is 51.0 Å². The van der Waals surface area contributed by atoms with Crippen molar-refractivity contribution in [1.29, 1.82) is 0 Å². The first-order valence-corrected chi connectivity index (χ1v) is 5.43. The minimum Gasteiger partial charge on any atom is -0.300 e. The van der Waals surface area contributed by atoms with Crippen LogP contribution in [0.4, 0.5) is 0 Å². The van der Waals surface area contributed by atoms with Crippen molar-refractivity contribution < 1.29 is 0 Å². The molecule has 2 rings (SSSR count). The third kappa shape index (κ3) is 1.62. The van der Waals surface area contributed by atoms with Gasteiger partial charge in [-0.2, -0.15) is 0 Å². The van der Waals surface area contributed by atoms with Crippen LogP contribution in [0.15, 0.2) is 18.6 Å². The minimum atomic E-state index is 0.437. The molecule has 0 N–H and O–H groups in total. The normalized spacial score (nSPS) is 11.9. The SMILES string of the molecule is CC(C)c1nc(C(C)C)n2ccncc12. The zero-order chi connectivity index (χ0) is 11.0. The highest BCUT2D eigenvalue weighted by atomic mass is 15.0. The van der Waals surface area contributed by atoms with Gasteiger partial charge in [0, 0.05) is 18.3 Å². The van der Waals surface area contributed by atoms with Gasteiger partial charge in [0.05, 0.1) is 17.4 Å². The van der Waals surface area contributed by atoms with Gasteiger partial charge in [-0.15, -0.1) is 0 Å². The van der Waals surface area contributed by atoms with Crippen LogP contribution in [-0.4, -0.2) is 14.4 Å². The van der Waals surface area contributed by atoms with Crippen LogP contribution < -0.4 is 0 Å². The summed E-state index contributed by atoms with van der Waals surface area (Å²) in [4.78, 5) is 8.88. The second-order valence-electron chi connectivity index (χ2n) is 4.50. The van der Waals surface area contributed by atoms with Gasteiger partial charge < -0.3 is 4.40 Å². The van der Waals surface area contributed by atoms with E-state index in [1.54, 1.807) is 0 Å². The standard InChI is InChI=1S/C12H17N3/c1-8(2)11-10-7-13-5-6-15(10)12(14-11)9(3)4/h5-9H,1-4H3. The van der Waals surface area contributed by atoms with Crippen LogP contribution in [-0.2, 0) is 0 Å². The lowest BCUT2D eigenvalue weighted by Crippen LogP contribution is -1.96. The number of imidazole rings is 1. The highest BCUT2D eigenvalue weighted by molar-refractivity contribution is 5.52. The molecule has 0 aliphatic carbocycles. The fraction of sp³-hybridized carbons (Fsp3) is 0.500. The van der Waals surface area contributed by atoms with E-state index in [4.69, 9.17) is 4.98 Å². The molecule has 0 saturated heterocycles. The topological polar surface area (TPSA) is 30.2 Å². The second-order valence-corrected chi connectivity index (χ2v) is 4.50. The summed E-state index contributed by atoms with van der Waals surface area (Å²) >= 11 is 0. The highest BCUT2D eigenvalue weighted by Gasteiger charge is 2.15. The largest absolute Gasteiger partial charge is 0.300 e. The maximum absolute atomic E-state index is 4.71. The third-order valence-corrected chi connectivity index (χ3v) is 2.57. The Morgan fingerprint density at radius 2 is 1.87 bits per heavy atom. The zero-order valence-corrected chi connectivity index (χ0v) is 9.73. The first-order chi connectivity index (χ1) is 7.11. The van der Waals surface area contributed by atoms with Gasteiger partial charge in [0.15, 0.2) is 0 Å². The van der Waals surface area contributed by atoms with Crippen molar-refractivity contribution in [1.82, 2.24) is 14.4 Å². The van der Waals surface area contributed by atoms with Gasteiger partial charge in [-0.3, -0.25) is 4.98 Å². The Balaban J connectivity index is 2.73. The molecule has 0 fully saturated rings. The average molecular weight is 203 g/mol. The summed E-state index contributed by atoms with van der Waals surface area (Å²) in [7, 11) is 0. The summed E-state index contributed by atoms with van der Waals surface area (Å²) < 4.78 is 2.15. The van der Waals surface area contributed by atoms with Crippen molar-refractivity contribution in [2.75, 3.05) is 0 Å². The Hall–Kier alpha value is -1.38. The van der Waals surface area contributed by atoms with Crippen molar-refractivity contribution in [3.05, 3.63) is 30.1 Å². The van der Waals surface area contributed by atoms with Gasteiger partial charge in [0.2, 0.25) is 0 Å². The Kier molecular flexibility index (Phi) is 2.47. The number of rotatable bonds is 2. The maximum atomic E-state index is 4.71. The Bertz CT molecular complexity index is 427. The van der Waals surface area contributed by atoms with Gasteiger partial charge in [0.25, 0.3) is 0 Å². The summed E-state index contributed by atoms with van der Waals surface area (Å²) in [5.41, 5.74) is 2.28. The lowest BCUT2D eigenvalue weighted by atomic mass is 10.1. The molecule has 80 valence electrons. The van der Waals surface area contributed by atoms with Gasteiger partial charge in [-0.25, -0.2) is 4.98 Å². The summed E-state index contributed by atoms with van der Waals surface area (Å²) in [5.74, 6) is 2.00. The minimum absolute atomic E-state index is 0.437. The van der Waals surface area contributed by atoms with E-state index < -0.39 is 0 Å². The molecule has 2 heterocycles. The number of hydrogen-bond acceptors (Lipinski definition) is 2. The van der Waals surface area contributed by atoms with Crippen LogP contribution in [0.3, 0.4) is 0 Å². The molecule has 0 aromatic carbocycles. The Morgan fingerprint density at radius 3 is 2.47 bits per heavy atom. The number of aromatic nitrogens is 3. The molecule has 3 nitrogen and oxygen atoms in total. The number of hydrogen-bond donors (Lipinski definition) is 0. The molecule has 0 radical (unpaired) electrons. The predicted molar refractivity (Wildman–Crippen MR) is 61.2 cm³/mol. The van der Waals surface area contributed by atoms with E-state index in [9.17, 15) is 0 Å². The molecule has 0 bridgehead atoms. The quantitative estimate of drug-likeness (QED) is 0.751. The molecular weight excluding hydrogens is 186 g/mol. The summed E-state index contributed by atoms with van der Waals surface area (Å²) in [5, 5.41) is 0. The molecule has 0 aliphatic rings. The molecule has 0 unspecified atom stereocenters. The molecule has 0 spiro atoms. The number of fused-ring (bicyclic) bond motifs is 1. The van der Waals surface area contributed by atoms with Gasteiger partial charge >= 0.3 is 0 Å². The summed E-state index contributed by atoms with van der Waals surface area (Å²) in [6.45, 7) is 8.66. The van der Waals surface area contributed by atoms with Crippen LogP contribution in [0.2, 0.25) is 0 Å². The molecule has 0 aliphatic heterocycles. The molecule has 15 heavy (non-hydrogen) atoms. The smallest absolute Gasteiger partial charge is 0.116 e. The molecule has 0 saturated carbocycles. The summed E-state index contributed by atoms with van der Waals surface area (Å²) in [6.07, 6.45) is 5.70. The second kappa shape index (κ2) is 3.65. The van der Waals surface area contributed by atoms with Gasteiger partial charge in [0.1, 0.15) is 5.82 Å². The van der Waals surface area contributed by atoms with Crippen LogP contribution >= 0.6 is 0 Å². The Morgan fingerprint density at radius 1 is 1.13 bits per heavy atom. The van der Waals surface area contributed by atoms with E-state index in [0.29, 0.717) is 11.8 Å². The average Bonchev–Trinajstić information content (AvgIpc) is 2.56. The van der Waals surface area contributed by atoms with E-state index in [0.717, 1.165) is 17.0 Å². The van der Waals surface area contributed by atoms with Crippen molar-refractivity contribution in [3.63, 3.8) is 0 Å². The van der Waals surface area contributed by atoms with Crippen LogP contribution in [0.5, 0.6) is 0 Å². The monoisotopic (exact) mass is 203 g/mol. The molecule has 3 heteroatoms. The van der Waals surface area contributed by atoms with E-state index in [2.05, 4.69) is 37.1 Å². The van der Waals surface area contributed by atoms with Crippen LogP contribution in [0.25, 0.3) is 5.52 Å². The fourth-order valence-corrected chi connectivity index (χ4v) is 1.82. The fourth-order valence-electron chi connectivity index (χ4n) is 1.82. The van der Waals surface area contributed by atoms with Crippen molar-refractivity contribution in [2.24, 2.45) is 0 Å². The summed E-state index contributed by atoms with van der Waals surface area (Å²) in [6, 6.07) is 0. The van der Waals surface area contributed by atoms with E-state index in [1.807, 2.05) is 18.6 Å². The van der Waals surface area contributed by atoms with Crippen molar-refractivity contribution in [3.8, 4) is 0 Å². The van der Waals surface area contributed by atoms with Gasteiger partial charge in [-0.1, -0.05) is 27.7 Å². The van der Waals surface area contributed by atoms with Crippen molar-refractivity contribution in [2.45, 2.75) is 39.5 Å². The molecule has 0 atom stereocenters. The zero-order valence-electron chi connectivity index (χ0n) is 9.73. The van der Waals surface area contributed by atoms with E-state index >= 15 is 0 Å². The Labute approximate surface area is 90.2 Å². The van der Waals surface area contributed by atoms with E-state index in [1.165, 1.54) is 0 Å². The number of nitrogens with zero attached hydrogens (tertiary/aromatic N) is 3. The van der Waals surface area contributed by atoms with E-state index in [-0.39, 0.29) is 0 Å². The predicted octanol–water partition coefficient (Wildman–Crippen LogP) is 2.98. The highest BCUT2D eigenvalue weighted by Crippen LogP contribution is 2.23. The molecule has 2 aromatic heterocycles. The third-order valence-electron chi connectivity index (χ3n) is 2.57. The van der Waals surface area contributed by atoms with Crippen LogP contribution in [0, 0.1) is 0 Å². The first-order valence-electron chi connectivity index (χ1n) is 5.43. The van der Waals surface area contributed by atoms with Gasteiger partial charge in [-0.05, 0) is 5.92 Å². The lowest BCUT2D eigenvalue weighted by Gasteiger charge is -2.02. The first kappa shape index (κ1) is 10.1. The molecule has 0 amide bonds.